The lowest BCUT2D eigenvalue weighted by molar-refractivity contribution is 0.222. The van der Waals surface area contributed by atoms with Gasteiger partial charge in [0.1, 0.15) is 11.5 Å². The molecule has 1 fully saturated rings. The Morgan fingerprint density at radius 2 is 1.52 bits per heavy atom. The topological polar surface area (TPSA) is 43.7 Å². The molecule has 3 nitrogen and oxygen atoms in total. The molecule has 1 aliphatic heterocycles. The Labute approximate surface area is 137 Å². The Kier molecular flexibility index (Phi) is 4.68. The van der Waals surface area contributed by atoms with Gasteiger partial charge in [-0.05, 0) is 44.1 Å². The van der Waals surface area contributed by atoms with Crippen LogP contribution in [0.1, 0.15) is 30.4 Å². The van der Waals surface area contributed by atoms with Gasteiger partial charge in [-0.1, -0.05) is 48.9 Å². The second kappa shape index (κ2) is 6.88. The molecule has 1 atom stereocenters. The highest BCUT2D eigenvalue weighted by atomic mass is 16.3. The minimum atomic E-state index is 0.237. The molecule has 1 unspecified atom stereocenters. The van der Waals surface area contributed by atoms with E-state index in [2.05, 4.69) is 18.0 Å². The molecule has 0 spiro atoms. The normalized spacial score (nSPS) is 18.6. The van der Waals surface area contributed by atoms with Crippen LogP contribution in [-0.4, -0.2) is 34.7 Å². The Morgan fingerprint density at radius 3 is 2.04 bits per heavy atom. The van der Waals surface area contributed by atoms with Crippen molar-refractivity contribution in [1.82, 2.24) is 4.90 Å². The Balaban J connectivity index is 2.11. The summed E-state index contributed by atoms with van der Waals surface area (Å²) in [6.45, 7) is 1.08. The van der Waals surface area contributed by atoms with Gasteiger partial charge >= 0.3 is 0 Å². The van der Waals surface area contributed by atoms with Crippen LogP contribution in [0.15, 0.2) is 54.6 Å². The maximum atomic E-state index is 10.3. The van der Waals surface area contributed by atoms with Crippen LogP contribution in [-0.2, 0) is 0 Å². The molecule has 3 heteroatoms. The summed E-state index contributed by atoms with van der Waals surface area (Å²) < 4.78 is 0. The molecule has 23 heavy (non-hydrogen) atoms. The fraction of sp³-hybridized carbons (Fsp3) is 0.300. The van der Waals surface area contributed by atoms with Gasteiger partial charge in [-0.3, -0.25) is 4.90 Å². The summed E-state index contributed by atoms with van der Waals surface area (Å²) in [4.78, 5) is 2.34. The molecule has 0 saturated carbocycles. The van der Waals surface area contributed by atoms with Gasteiger partial charge in [0.15, 0.2) is 0 Å². The van der Waals surface area contributed by atoms with E-state index in [1.54, 1.807) is 12.1 Å². The summed E-state index contributed by atoms with van der Waals surface area (Å²) >= 11 is 0. The van der Waals surface area contributed by atoms with Crippen molar-refractivity contribution < 1.29 is 10.2 Å². The molecular formula is C20H23NO2. The number of benzene rings is 2. The van der Waals surface area contributed by atoms with E-state index in [-0.39, 0.29) is 11.5 Å². The molecule has 2 aromatic rings. The Bertz CT molecular complexity index is 661. The van der Waals surface area contributed by atoms with Crippen LogP contribution in [0.25, 0.3) is 5.57 Å². The fourth-order valence-corrected chi connectivity index (χ4v) is 3.23. The van der Waals surface area contributed by atoms with Crippen LogP contribution in [0.4, 0.5) is 0 Å². The summed E-state index contributed by atoms with van der Waals surface area (Å²) in [5.74, 6) is 0.473. The molecule has 1 aliphatic rings. The zero-order chi connectivity index (χ0) is 16.2. The van der Waals surface area contributed by atoms with E-state index in [9.17, 15) is 10.2 Å². The van der Waals surface area contributed by atoms with Crippen molar-refractivity contribution in [3.63, 3.8) is 0 Å². The fourth-order valence-electron chi connectivity index (χ4n) is 3.23. The smallest absolute Gasteiger partial charge is 0.123 e. The van der Waals surface area contributed by atoms with E-state index < -0.39 is 0 Å². The number of hydrogen-bond donors (Lipinski definition) is 2. The summed E-state index contributed by atoms with van der Waals surface area (Å²) in [7, 11) is 2.13. The van der Waals surface area contributed by atoms with Gasteiger partial charge < -0.3 is 10.2 Å². The number of rotatable bonds is 3. The SMILES string of the molecule is CN1CCCCC1C=C(c1ccccc1O)c1ccccc1O. The molecule has 0 amide bonds. The third-order valence-electron chi connectivity index (χ3n) is 4.57. The molecule has 0 bridgehead atoms. The molecule has 2 aromatic carbocycles. The Morgan fingerprint density at radius 1 is 0.957 bits per heavy atom. The minimum Gasteiger partial charge on any atom is -0.507 e. The van der Waals surface area contributed by atoms with Gasteiger partial charge in [-0.2, -0.15) is 0 Å². The van der Waals surface area contributed by atoms with Crippen LogP contribution >= 0.6 is 0 Å². The molecule has 1 heterocycles. The van der Waals surface area contributed by atoms with Crippen LogP contribution in [0, 0.1) is 0 Å². The van der Waals surface area contributed by atoms with Crippen LogP contribution < -0.4 is 0 Å². The highest BCUT2D eigenvalue weighted by Gasteiger charge is 2.20. The number of para-hydroxylation sites is 2. The van der Waals surface area contributed by atoms with Crippen molar-refractivity contribution in [2.24, 2.45) is 0 Å². The van der Waals surface area contributed by atoms with E-state index in [4.69, 9.17) is 0 Å². The average Bonchev–Trinajstić information content (AvgIpc) is 2.56. The third kappa shape index (κ3) is 3.40. The predicted molar refractivity (Wildman–Crippen MR) is 93.6 cm³/mol. The third-order valence-corrected chi connectivity index (χ3v) is 4.57. The van der Waals surface area contributed by atoms with Gasteiger partial charge in [0.2, 0.25) is 0 Å². The van der Waals surface area contributed by atoms with Crippen molar-refractivity contribution in [3.05, 3.63) is 65.7 Å². The molecule has 3 rings (SSSR count). The predicted octanol–water partition coefficient (Wildman–Crippen LogP) is 4.01. The summed E-state index contributed by atoms with van der Waals surface area (Å²) in [6, 6.07) is 14.9. The molecule has 1 saturated heterocycles. The lowest BCUT2D eigenvalue weighted by Crippen LogP contribution is -2.34. The second-order valence-corrected chi connectivity index (χ2v) is 6.16. The first kappa shape index (κ1) is 15.6. The van der Waals surface area contributed by atoms with Gasteiger partial charge in [0.25, 0.3) is 0 Å². The number of likely N-dealkylation sites (tertiary alicyclic amines) is 1. The minimum absolute atomic E-state index is 0.237. The molecule has 0 aromatic heterocycles. The second-order valence-electron chi connectivity index (χ2n) is 6.16. The summed E-state index contributed by atoms with van der Waals surface area (Å²) in [5.41, 5.74) is 2.40. The first-order valence-corrected chi connectivity index (χ1v) is 8.15. The maximum Gasteiger partial charge on any atom is 0.123 e. The lowest BCUT2D eigenvalue weighted by atomic mass is 9.92. The van der Waals surface area contributed by atoms with Crippen molar-refractivity contribution in [2.75, 3.05) is 13.6 Å². The first-order chi connectivity index (χ1) is 11.2. The molecule has 0 radical (unpaired) electrons. The van der Waals surface area contributed by atoms with Crippen LogP contribution in [0.3, 0.4) is 0 Å². The number of hydrogen-bond acceptors (Lipinski definition) is 3. The van der Waals surface area contributed by atoms with Gasteiger partial charge in [0.05, 0.1) is 0 Å². The number of piperidine rings is 1. The highest BCUT2D eigenvalue weighted by molar-refractivity contribution is 5.85. The van der Waals surface area contributed by atoms with Crippen LogP contribution in [0.5, 0.6) is 11.5 Å². The molecule has 2 N–H and O–H groups in total. The van der Waals surface area contributed by atoms with Crippen molar-refractivity contribution in [2.45, 2.75) is 25.3 Å². The number of nitrogens with zero attached hydrogens (tertiary/aromatic N) is 1. The lowest BCUT2D eigenvalue weighted by Gasteiger charge is -2.31. The zero-order valence-corrected chi connectivity index (χ0v) is 13.4. The highest BCUT2D eigenvalue weighted by Crippen LogP contribution is 2.36. The number of likely N-dealkylation sites (N-methyl/N-ethyl adjacent to an activating group) is 1. The van der Waals surface area contributed by atoms with E-state index >= 15 is 0 Å². The standard InChI is InChI=1S/C20H23NO2/c1-21-13-7-6-8-15(21)14-18(16-9-2-4-11-19(16)22)17-10-3-5-12-20(17)23/h2-5,9-12,14-15,22-23H,6-8,13H2,1H3. The van der Waals surface area contributed by atoms with Gasteiger partial charge in [-0.25, -0.2) is 0 Å². The summed E-state index contributed by atoms with van der Waals surface area (Å²) in [6.07, 6.45) is 5.72. The van der Waals surface area contributed by atoms with E-state index in [1.165, 1.54) is 12.8 Å². The average molecular weight is 309 g/mol. The molecule has 0 aliphatic carbocycles. The molecule has 120 valence electrons. The van der Waals surface area contributed by atoms with E-state index in [0.717, 1.165) is 29.7 Å². The van der Waals surface area contributed by atoms with Crippen molar-refractivity contribution in [1.29, 1.82) is 0 Å². The van der Waals surface area contributed by atoms with Gasteiger partial charge in [-0.15, -0.1) is 0 Å². The number of phenolic OH excluding ortho intramolecular Hbond substituents is 2. The maximum absolute atomic E-state index is 10.3. The van der Waals surface area contributed by atoms with E-state index in [1.807, 2.05) is 36.4 Å². The quantitative estimate of drug-likeness (QED) is 0.900. The number of phenols is 2. The van der Waals surface area contributed by atoms with Crippen molar-refractivity contribution >= 4 is 5.57 Å². The Hall–Kier alpha value is -2.26. The number of aromatic hydroxyl groups is 2. The largest absolute Gasteiger partial charge is 0.507 e. The summed E-state index contributed by atoms with van der Waals surface area (Å²) in [5, 5.41) is 20.6. The monoisotopic (exact) mass is 309 g/mol. The molecular weight excluding hydrogens is 286 g/mol. The van der Waals surface area contributed by atoms with Crippen molar-refractivity contribution in [3.8, 4) is 11.5 Å². The zero-order valence-electron chi connectivity index (χ0n) is 13.4. The van der Waals surface area contributed by atoms with Gasteiger partial charge in [0, 0.05) is 17.2 Å². The van der Waals surface area contributed by atoms with E-state index in [0.29, 0.717) is 6.04 Å². The van der Waals surface area contributed by atoms with Crippen LogP contribution in [0.2, 0.25) is 0 Å². The first-order valence-electron chi connectivity index (χ1n) is 8.15.